The Morgan fingerprint density at radius 2 is 1.95 bits per heavy atom. The summed E-state index contributed by atoms with van der Waals surface area (Å²) in [6, 6.07) is 9.98. The number of aryl methyl sites for hydroxylation is 2. The van der Waals surface area contributed by atoms with Crippen LogP contribution < -0.4 is 5.32 Å². The highest BCUT2D eigenvalue weighted by atomic mass is 16.4. The summed E-state index contributed by atoms with van der Waals surface area (Å²) in [5, 5.41) is 15.6. The predicted octanol–water partition coefficient (Wildman–Crippen LogP) is 2.74. The molecule has 0 spiro atoms. The molecule has 21 heavy (non-hydrogen) atoms. The molecule has 0 bridgehead atoms. The Kier molecular flexibility index (Phi) is 3.68. The van der Waals surface area contributed by atoms with Crippen LogP contribution >= 0.6 is 0 Å². The minimum Gasteiger partial charge on any atom is -0.423 e. The Morgan fingerprint density at radius 3 is 2.67 bits per heavy atom. The van der Waals surface area contributed by atoms with Crippen molar-refractivity contribution in [1.29, 1.82) is 0 Å². The van der Waals surface area contributed by atoms with E-state index in [1.54, 1.807) is 6.20 Å². The monoisotopic (exact) mass is 283 g/mol. The molecule has 0 saturated carbocycles. The Hall–Kier alpha value is -2.63. The number of para-hydroxylation sites is 2. The highest BCUT2D eigenvalue weighted by molar-refractivity contribution is 5.60. The first kappa shape index (κ1) is 13.4. The van der Waals surface area contributed by atoms with Crippen molar-refractivity contribution in [2.75, 3.05) is 5.32 Å². The molecule has 6 heteroatoms. The maximum atomic E-state index is 5.50. The lowest BCUT2D eigenvalue weighted by atomic mass is 10.2. The van der Waals surface area contributed by atoms with Gasteiger partial charge in [0.15, 0.2) is 0 Å². The van der Waals surface area contributed by atoms with E-state index in [1.807, 2.05) is 48.9 Å². The van der Waals surface area contributed by atoms with Crippen LogP contribution in [0.1, 0.15) is 24.4 Å². The quantitative estimate of drug-likeness (QED) is 0.779. The van der Waals surface area contributed by atoms with Crippen molar-refractivity contribution in [2.45, 2.75) is 26.8 Å². The summed E-state index contributed by atoms with van der Waals surface area (Å²) in [5.41, 5.74) is 3.05. The maximum Gasteiger partial charge on any atom is 0.235 e. The molecule has 1 N–H and O–H groups in total. The molecule has 0 aliphatic rings. The average Bonchev–Trinajstić information content (AvgIpc) is 3.14. The summed E-state index contributed by atoms with van der Waals surface area (Å²) >= 11 is 0. The lowest BCUT2D eigenvalue weighted by molar-refractivity contribution is 0.460. The van der Waals surface area contributed by atoms with Gasteiger partial charge in [0, 0.05) is 18.3 Å². The van der Waals surface area contributed by atoms with Crippen molar-refractivity contribution >= 4 is 5.69 Å². The fourth-order valence-corrected chi connectivity index (χ4v) is 2.10. The van der Waals surface area contributed by atoms with Gasteiger partial charge < -0.3 is 9.73 Å². The van der Waals surface area contributed by atoms with E-state index in [4.69, 9.17) is 4.42 Å². The van der Waals surface area contributed by atoms with Crippen LogP contribution in [0.15, 0.2) is 40.9 Å². The third-order valence-corrected chi connectivity index (χ3v) is 3.21. The second kappa shape index (κ2) is 5.78. The minimum atomic E-state index is 0.490. The van der Waals surface area contributed by atoms with E-state index in [0.29, 0.717) is 18.3 Å². The third kappa shape index (κ3) is 2.79. The Balaban J connectivity index is 1.81. The second-order valence-corrected chi connectivity index (χ2v) is 4.70. The zero-order valence-electron chi connectivity index (χ0n) is 12.1. The number of hydrogen-bond acceptors (Lipinski definition) is 5. The topological polar surface area (TPSA) is 68.8 Å². The molecule has 2 aromatic heterocycles. The molecule has 0 radical (unpaired) electrons. The molecule has 1 aromatic carbocycles. The van der Waals surface area contributed by atoms with Crippen molar-refractivity contribution in [2.24, 2.45) is 0 Å². The van der Waals surface area contributed by atoms with Crippen LogP contribution in [0.5, 0.6) is 0 Å². The molecule has 108 valence electrons. The van der Waals surface area contributed by atoms with E-state index < -0.39 is 0 Å². The Morgan fingerprint density at radius 1 is 1.14 bits per heavy atom. The van der Waals surface area contributed by atoms with Crippen LogP contribution in [0.25, 0.3) is 5.69 Å². The van der Waals surface area contributed by atoms with Gasteiger partial charge >= 0.3 is 0 Å². The molecule has 0 unspecified atom stereocenters. The smallest absolute Gasteiger partial charge is 0.235 e. The minimum absolute atomic E-state index is 0.490. The van der Waals surface area contributed by atoms with Crippen molar-refractivity contribution in [3.8, 4) is 5.69 Å². The zero-order valence-corrected chi connectivity index (χ0v) is 12.1. The number of benzene rings is 1. The Labute approximate surface area is 122 Å². The number of anilines is 1. The molecular formula is C15H17N5O. The summed E-state index contributed by atoms with van der Waals surface area (Å²) in [6.45, 7) is 4.50. The maximum absolute atomic E-state index is 5.50. The zero-order chi connectivity index (χ0) is 14.7. The van der Waals surface area contributed by atoms with Crippen molar-refractivity contribution < 1.29 is 4.42 Å². The van der Waals surface area contributed by atoms with Crippen LogP contribution in [0.2, 0.25) is 0 Å². The third-order valence-electron chi connectivity index (χ3n) is 3.21. The Bertz CT molecular complexity index is 731. The first-order valence-electron chi connectivity index (χ1n) is 6.93. The molecule has 0 aliphatic heterocycles. The summed E-state index contributed by atoms with van der Waals surface area (Å²) in [6.07, 6.45) is 2.54. The lowest BCUT2D eigenvalue weighted by Gasteiger charge is -2.12. The molecule has 0 aliphatic carbocycles. The molecule has 3 aromatic rings. The number of rotatable bonds is 5. The normalized spacial score (nSPS) is 10.8. The predicted molar refractivity (Wildman–Crippen MR) is 79.3 cm³/mol. The average molecular weight is 283 g/mol. The van der Waals surface area contributed by atoms with Crippen molar-refractivity contribution in [3.63, 3.8) is 0 Å². The number of nitrogens with zero attached hydrogens (tertiary/aromatic N) is 4. The van der Waals surface area contributed by atoms with E-state index in [1.165, 1.54) is 0 Å². The van der Waals surface area contributed by atoms with Crippen molar-refractivity contribution in [1.82, 2.24) is 20.0 Å². The van der Waals surface area contributed by atoms with Gasteiger partial charge in [0.2, 0.25) is 11.8 Å². The van der Waals surface area contributed by atoms with Gasteiger partial charge in [-0.1, -0.05) is 19.1 Å². The van der Waals surface area contributed by atoms with Gasteiger partial charge in [-0.2, -0.15) is 5.10 Å². The summed E-state index contributed by atoms with van der Waals surface area (Å²) in [5.74, 6) is 1.24. The largest absolute Gasteiger partial charge is 0.423 e. The fraction of sp³-hybridized carbons (Fsp3) is 0.267. The van der Waals surface area contributed by atoms with Gasteiger partial charge in [-0.3, -0.25) is 0 Å². The van der Waals surface area contributed by atoms with Crippen LogP contribution in [0, 0.1) is 6.92 Å². The highest BCUT2D eigenvalue weighted by Gasteiger charge is 2.08. The molecule has 3 rings (SSSR count). The first-order valence-corrected chi connectivity index (χ1v) is 6.93. The SMILES string of the molecule is CCc1nnc(CNc2ccccc2-n2nccc2C)o1. The lowest BCUT2D eigenvalue weighted by Crippen LogP contribution is -2.06. The van der Waals surface area contributed by atoms with E-state index in [2.05, 4.69) is 20.6 Å². The molecule has 2 heterocycles. The van der Waals surface area contributed by atoms with E-state index >= 15 is 0 Å². The van der Waals surface area contributed by atoms with Gasteiger partial charge in [0.1, 0.15) is 0 Å². The molecule has 0 atom stereocenters. The molecule has 0 fully saturated rings. The second-order valence-electron chi connectivity index (χ2n) is 4.70. The van der Waals surface area contributed by atoms with E-state index in [-0.39, 0.29) is 0 Å². The summed E-state index contributed by atoms with van der Waals surface area (Å²) in [4.78, 5) is 0. The molecule has 0 saturated heterocycles. The number of hydrogen-bond donors (Lipinski definition) is 1. The molecular weight excluding hydrogens is 266 g/mol. The van der Waals surface area contributed by atoms with Gasteiger partial charge in [0.25, 0.3) is 0 Å². The van der Waals surface area contributed by atoms with E-state index in [0.717, 1.165) is 23.5 Å². The molecule has 0 amide bonds. The molecule has 6 nitrogen and oxygen atoms in total. The number of nitrogens with one attached hydrogen (secondary N) is 1. The van der Waals surface area contributed by atoms with Crippen LogP contribution in [-0.4, -0.2) is 20.0 Å². The summed E-state index contributed by atoms with van der Waals surface area (Å²) in [7, 11) is 0. The van der Waals surface area contributed by atoms with E-state index in [9.17, 15) is 0 Å². The van der Waals surface area contributed by atoms with Crippen LogP contribution in [-0.2, 0) is 13.0 Å². The standard InChI is InChI=1S/C15H17N5O/c1-3-14-18-19-15(21-14)10-16-12-6-4-5-7-13(12)20-11(2)8-9-17-20/h4-9,16H,3,10H2,1-2H3. The fourth-order valence-electron chi connectivity index (χ4n) is 2.10. The van der Waals surface area contributed by atoms with Crippen LogP contribution in [0.3, 0.4) is 0 Å². The van der Waals surface area contributed by atoms with Crippen molar-refractivity contribution in [3.05, 3.63) is 54.0 Å². The summed E-state index contributed by atoms with van der Waals surface area (Å²) < 4.78 is 7.40. The number of aromatic nitrogens is 4. The van der Waals surface area contributed by atoms with Gasteiger partial charge in [-0.25, -0.2) is 4.68 Å². The van der Waals surface area contributed by atoms with Crippen LogP contribution in [0.4, 0.5) is 5.69 Å². The highest BCUT2D eigenvalue weighted by Crippen LogP contribution is 2.21. The van der Waals surface area contributed by atoms with Gasteiger partial charge in [-0.15, -0.1) is 10.2 Å². The first-order chi connectivity index (χ1) is 10.3. The van der Waals surface area contributed by atoms with Gasteiger partial charge in [0.05, 0.1) is 17.9 Å². The van der Waals surface area contributed by atoms with Gasteiger partial charge in [-0.05, 0) is 25.1 Å².